The van der Waals surface area contributed by atoms with Crippen LogP contribution in [0.4, 0.5) is 5.69 Å². The molecule has 4 heteroatoms. The van der Waals surface area contributed by atoms with Crippen LogP contribution < -0.4 is 4.90 Å². The average Bonchev–Trinajstić information content (AvgIpc) is 2.38. The summed E-state index contributed by atoms with van der Waals surface area (Å²) in [6.45, 7) is 3.91. The van der Waals surface area contributed by atoms with E-state index in [2.05, 4.69) is 32.0 Å². The van der Waals surface area contributed by atoms with Gasteiger partial charge in [0.2, 0.25) is 0 Å². The molecule has 0 bridgehead atoms. The molecule has 0 aliphatic carbocycles. The van der Waals surface area contributed by atoms with Crippen LogP contribution in [0.15, 0.2) is 30.9 Å². The van der Waals surface area contributed by atoms with Crippen molar-refractivity contribution < 1.29 is 0 Å². The predicted octanol–water partition coefficient (Wildman–Crippen LogP) is 1.74. The zero-order valence-corrected chi connectivity index (χ0v) is 9.80. The lowest BCUT2D eigenvalue weighted by Gasteiger charge is -2.29. The second-order valence-corrected chi connectivity index (χ2v) is 4.32. The smallest absolute Gasteiger partial charge is 0.115 e. The van der Waals surface area contributed by atoms with Gasteiger partial charge in [0.1, 0.15) is 6.33 Å². The van der Waals surface area contributed by atoms with Crippen LogP contribution in [0.2, 0.25) is 0 Å². The van der Waals surface area contributed by atoms with Gasteiger partial charge in [-0.1, -0.05) is 0 Å². The fourth-order valence-corrected chi connectivity index (χ4v) is 2.21. The van der Waals surface area contributed by atoms with Gasteiger partial charge < -0.3 is 4.90 Å². The lowest BCUT2D eigenvalue weighted by molar-refractivity contribution is 0.704. The van der Waals surface area contributed by atoms with Crippen LogP contribution >= 0.6 is 0 Å². The van der Waals surface area contributed by atoms with E-state index in [-0.39, 0.29) is 0 Å². The van der Waals surface area contributed by atoms with Gasteiger partial charge in [-0.25, -0.2) is 9.97 Å². The van der Waals surface area contributed by atoms with Crippen molar-refractivity contribution in [3.8, 4) is 0 Å². The summed E-state index contributed by atoms with van der Waals surface area (Å²) in [7, 11) is 0. The minimum absolute atomic E-state index is 0.889. The summed E-state index contributed by atoms with van der Waals surface area (Å²) in [6, 6.07) is 4.18. The first-order chi connectivity index (χ1) is 8.33. The minimum Gasteiger partial charge on any atom is -0.367 e. The lowest BCUT2D eigenvalue weighted by atomic mass is 10.1. The lowest BCUT2D eigenvalue weighted by Crippen LogP contribution is -2.31. The van der Waals surface area contributed by atoms with Crippen molar-refractivity contribution in [1.82, 2.24) is 15.0 Å². The topological polar surface area (TPSA) is 41.9 Å². The molecule has 2 aromatic heterocycles. The van der Waals surface area contributed by atoms with Gasteiger partial charge in [-0.15, -0.1) is 0 Å². The number of hydrogen-bond acceptors (Lipinski definition) is 4. The Balaban J connectivity index is 1.89. The Kier molecular flexibility index (Phi) is 2.48. The van der Waals surface area contributed by atoms with E-state index in [1.165, 1.54) is 16.9 Å². The van der Waals surface area contributed by atoms with Crippen molar-refractivity contribution in [1.29, 1.82) is 0 Å². The second-order valence-electron chi connectivity index (χ2n) is 4.32. The monoisotopic (exact) mass is 226 g/mol. The summed E-state index contributed by atoms with van der Waals surface area (Å²) in [6.07, 6.45) is 6.40. The zero-order valence-electron chi connectivity index (χ0n) is 9.80. The molecule has 17 heavy (non-hydrogen) atoms. The van der Waals surface area contributed by atoms with E-state index < -0.39 is 0 Å². The van der Waals surface area contributed by atoms with Crippen LogP contribution in [-0.4, -0.2) is 21.5 Å². The summed E-state index contributed by atoms with van der Waals surface area (Å²) >= 11 is 0. The van der Waals surface area contributed by atoms with Crippen LogP contribution in [0.5, 0.6) is 0 Å². The van der Waals surface area contributed by atoms with Crippen molar-refractivity contribution in [2.24, 2.45) is 0 Å². The number of hydrogen-bond donors (Lipinski definition) is 0. The molecule has 0 saturated carbocycles. The predicted molar refractivity (Wildman–Crippen MR) is 65.8 cm³/mol. The SMILES string of the molecule is Cc1cc(N2CCc3ncncc3C2)ccn1. The van der Waals surface area contributed by atoms with E-state index in [0.717, 1.165) is 25.2 Å². The van der Waals surface area contributed by atoms with Crippen molar-refractivity contribution in [2.75, 3.05) is 11.4 Å². The Morgan fingerprint density at radius 3 is 3.12 bits per heavy atom. The van der Waals surface area contributed by atoms with Crippen molar-refractivity contribution in [3.05, 3.63) is 47.8 Å². The molecule has 0 spiro atoms. The molecule has 1 aliphatic rings. The summed E-state index contributed by atoms with van der Waals surface area (Å²) in [5.41, 5.74) is 4.69. The van der Waals surface area contributed by atoms with E-state index >= 15 is 0 Å². The Hall–Kier alpha value is -1.97. The molecule has 0 fully saturated rings. The average molecular weight is 226 g/mol. The number of pyridine rings is 1. The van der Waals surface area contributed by atoms with Crippen LogP contribution in [0.25, 0.3) is 0 Å². The van der Waals surface area contributed by atoms with Crippen LogP contribution in [-0.2, 0) is 13.0 Å². The van der Waals surface area contributed by atoms with Gasteiger partial charge in [-0.3, -0.25) is 4.98 Å². The fraction of sp³-hybridized carbons (Fsp3) is 0.308. The second kappa shape index (κ2) is 4.13. The summed E-state index contributed by atoms with van der Waals surface area (Å²) in [5.74, 6) is 0. The standard InChI is InChI=1S/C13H14N4/c1-10-6-12(2-4-15-10)17-5-3-13-11(8-17)7-14-9-16-13/h2,4,6-7,9H,3,5,8H2,1H3. The van der Waals surface area contributed by atoms with Crippen molar-refractivity contribution >= 4 is 5.69 Å². The summed E-state index contributed by atoms with van der Waals surface area (Å²) in [4.78, 5) is 15.0. The molecule has 4 nitrogen and oxygen atoms in total. The number of nitrogens with zero attached hydrogens (tertiary/aromatic N) is 4. The maximum absolute atomic E-state index is 4.31. The Morgan fingerprint density at radius 1 is 1.29 bits per heavy atom. The third-order valence-electron chi connectivity index (χ3n) is 3.11. The maximum Gasteiger partial charge on any atom is 0.115 e. The van der Waals surface area contributed by atoms with E-state index in [1.807, 2.05) is 19.3 Å². The van der Waals surface area contributed by atoms with Gasteiger partial charge in [0.25, 0.3) is 0 Å². The molecule has 0 aromatic carbocycles. The van der Waals surface area contributed by atoms with Gasteiger partial charge in [-0.2, -0.15) is 0 Å². The first-order valence-electron chi connectivity index (χ1n) is 5.78. The number of anilines is 1. The third kappa shape index (κ3) is 1.98. The zero-order chi connectivity index (χ0) is 11.7. The molecule has 1 aliphatic heterocycles. The highest BCUT2D eigenvalue weighted by atomic mass is 15.1. The molecule has 2 aromatic rings. The van der Waals surface area contributed by atoms with Crippen molar-refractivity contribution in [2.45, 2.75) is 19.9 Å². The highest BCUT2D eigenvalue weighted by molar-refractivity contribution is 5.48. The molecule has 0 atom stereocenters. The Morgan fingerprint density at radius 2 is 2.24 bits per heavy atom. The molecule has 86 valence electrons. The number of rotatable bonds is 1. The van der Waals surface area contributed by atoms with E-state index in [9.17, 15) is 0 Å². The third-order valence-corrected chi connectivity index (χ3v) is 3.11. The number of aromatic nitrogens is 3. The molecular weight excluding hydrogens is 212 g/mol. The van der Waals surface area contributed by atoms with E-state index in [4.69, 9.17) is 0 Å². The van der Waals surface area contributed by atoms with Crippen LogP contribution in [0, 0.1) is 6.92 Å². The summed E-state index contributed by atoms with van der Waals surface area (Å²) < 4.78 is 0. The quantitative estimate of drug-likeness (QED) is 0.742. The van der Waals surface area contributed by atoms with Crippen LogP contribution in [0.1, 0.15) is 17.0 Å². The Bertz CT molecular complexity index is 538. The molecule has 3 heterocycles. The molecule has 0 unspecified atom stereocenters. The molecule has 3 rings (SSSR count). The normalized spacial score (nSPS) is 14.5. The highest BCUT2D eigenvalue weighted by Crippen LogP contribution is 2.22. The van der Waals surface area contributed by atoms with Crippen molar-refractivity contribution in [3.63, 3.8) is 0 Å². The Labute approximate surface area is 100 Å². The van der Waals surface area contributed by atoms with Gasteiger partial charge in [0.15, 0.2) is 0 Å². The molecule has 0 radical (unpaired) electrons. The van der Waals surface area contributed by atoms with E-state index in [1.54, 1.807) is 6.33 Å². The molecular formula is C13H14N4. The molecule has 0 saturated heterocycles. The number of aryl methyl sites for hydroxylation is 1. The minimum atomic E-state index is 0.889. The first-order valence-corrected chi connectivity index (χ1v) is 5.78. The summed E-state index contributed by atoms with van der Waals surface area (Å²) in [5, 5.41) is 0. The number of fused-ring (bicyclic) bond motifs is 1. The van der Waals surface area contributed by atoms with E-state index in [0.29, 0.717) is 0 Å². The first kappa shape index (κ1) is 10.2. The van der Waals surface area contributed by atoms with Gasteiger partial charge in [-0.05, 0) is 19.1 Å². The largest absolute Gasteiger partial charge is 0.367 e. The maximum atomic E-state index is 4.31. The van der Waals surface area contributed by atoms with Gasteiger partial charge >= 0.3 is 0 Å². The van der Waals surface area contributed by atoms with Gasteiger partial charge in [0.05, 0.1) is 5.69 Å². The highest BCUT2D eigenvalue weighted by Gasteiger charge is 2.17. The molecule has 0 N–H and O–H groups in total. The van der Waals surface area contributed by atoms with Gasteiger partial charge in [0, 0.05) is 48.8 Å². The fourth-order valence-electron chi connectivity index (χ4n) is 2.21. The van der Waals surface area contributed by atoms with Crippen LogP contribution in [0.3, 0.4) is 0 Å². The molecule has 0 amide bonds.